The maximum absolute atomic E-state index is 12.8. The molecule has 2 fully saturated rings. The molecule has 0 aromatic rings. The van der Waals surface area contributed by atoms with Crippen molar-refractivity contribution < 1.29 is 9.59 Å². The second-order valence-corrected chi connectivity index (χ2v) is 6.62. The van der Waals surface area contributed by atoms with Gasteiger partial charge in [-0.05, 0) is 31.9 Å². The molecule has 2 atom stereocenters. The van der Waals surface area contributed by atoms with Gasteiger partial charge in [-0.2, -0.15) is 11.8 Å². The van der Waals surface area contributed by atoms with E-state index in [2.05, 4.69) is 11.6 Å². The van der Waals surface area contributed by atoms with Gasteiger partial charge in [0.1, 0.15) is 5.54 Å². The summed E-state index contributed by atoms with van der Waals surface area (Å²) in [5, 5.41) is 3.42. The maximum atomic E-state index is 12.8. The van der Waals surface area contributed by atoms with Gasteiger partial charge in [0.05, 0.1) is 6.54 Å². The molecule has 19 heavy (non-hydrogen) atoms. The lowest BCUT2D eigenvalue weighted by molar-refractivity contribution is -0.152. The van der Waals surface area contributed by atoms with Gasteiger partial charge in [0.15, 0.2) is 0 Å². The number of rotatable bonds is 4. The van der Waals surface area contributed by atoms with E-state index in [-0.39, 0.29) is 24.4 Å². The van der Waals surface area contributed by atoms with Crippen molar-refractivity contribution >= 4 is 23.6 Å². The quantitative estimate of drug-likeness (QED) is 0.856. The molecule has 1 heterocycles. The molecule has 2 unspecified atom stereocenters. The zero-order chi connectivity index (χ0) is 14.0. The first kappa shape index (κ1) is 14.7. The lowest BCUT2D eigenvalue weighted by Crippen LogP contribution is -2.68. The molecule has 0 bridgehead atoms. The van der Waals surface area contributed by atoms with Crippen LogP contribution in [-0.2, 0) is 9.59 Å². The van der Waals surface area contributed by atoms with Crippen LogP contribution in [0.4, 0.5) is 0 Å². The summed E-state index contributed by atoms with van der Waals surface area (Å²) >= 11 is 1.83. The van der Waals surface area contributed by atoms with E-state index in [4.69, 9.17) is 0 Å². The van der Waals surface area contributed by atoms with Crippen molar-refractivity contribution in [3.8, 4) is 0 Å². The van der Waals surface area contributed by atoms with Crippen LogP contribution in [0.5, 0.6) is 0 Å². The maximum Gasteiger partial charge on any atom is 0.249 e. The summed E-state index contributed by atoms with van der Waals surface area (Å²) in [5.41, 5.74) is -0.666. The fourth-order valence-electron chi connectivity index (χ4n) is 3.40. The molecule has 4 nitrogen and oxygen atoms in total. The van der Waals surface area contributed by atoms with E-state index >= 15 is 0 Å². The molecule has 0 radical (unpaired) electrons. The van der Waals surface area contributed by atoms with Crippen molar-refractivity contribution in [3.63, 3.8) is 0 Å². The SMILES string of the molecule is CCC1(CC)NC(=O)CN(C2CCCC2SC)C1=O. The van der Waals surface area contributed by atoms with Gasteiger partial charge in [-0.25, -0.2) is 0 Å². The van der Waals surface area contributed by atoms with Gasteiger partial charge in [0.25, 0.3) is 0 Å². The number of carbonyl (C=O) groups excluding carboxylic acids is 2. The highest BCUT2D eigenvalue weighted by Gasteiger charge is 2.48. The highest BCUT2D eigenvalue weighted by Crippen LogP contribution is 2.35. The number of amides is 2. The largest absolute Gasteiger partial charge is 0.340 e. The van der Waals surface area contributed by atoms with E-state index in [1.54, 1.807) is 0 Å². The Bertz CT molecular complexity index is 368. The van der Waals surface area contributed by atoms with Crippen LogP contribution in [0.25, 0.3) is 0 Å². The second-order valence-electron chi connectivity index (χ2n) is 5.54. The van der Waals surface area contributed by atoms with E-state index < -0.39 is 5.54 Å². The summed E-state index contributed by atoms with van der Waals surface area (Å²) in [6, 6.07) is 0.242. The number of thioether (sulfide) groups is 1. The van der Waals surface area contributed by atoms with E-state index in [0.717, 1.165) is 19.3 Å². The Morgan fingerprint density at radius 1 is 1.32 bits per heavy atom. The predicted octanol–water partition coefficient (Wildman–Crippen LogP) is 1.79. The van der Waals surface area contributed by atoms with Crippen molar-refractivity contribution in [1.29, 1.82) is 0 Å². The van der Waals surface area contributed by atoms with Crippen LogP contribution in [0.15, 0.2) is 0 Å². The van der Waals surface area contributed by atoms with E-state index in [9.17, 15) is 9.59 Å². The fraction of sp³-hybridized carbons (Fsp3) is 0.857. The third-order valence-corrected chi connectivity index (χ3v) is 5.85. The average molecular weight is 284 g/mol. The third-order valence-electron chi connectivity index (χ3n) is 4.69. The van der Waals surface area contributed by atoms with Gasteiger partial charge in [0, 0.05) is 11.3 Å². The first-order valence-corrected chi connectivity index (χ1v) is 8.51. The summed E-state index contributed by atoms with van der Waals surface area (Å²) in [5.74, 6) is 0.123. The smallest absolute Gasteiger partial charge is 0.249 e. The lowest BCUT2D eigenvalue weighted by Gasteiger charge is -2.44. The second kappa shape index (κ2) is 5.73. The molecule has 2 amide bonds. The highest BCUT2D eigenvalue weighted by molar-refractivity contribution is 7.99. The van der Waals surface area contributed by atoms with Crippen LogP contribution >= 0.6 is 11.8 Å². The number of piperazine rings is 1. The van der Waals surface area contributed by atoms with Gasteiger partial charge in [-0.15, -0.1) is 0 Å². The molecule has 5 heteroatoms. The number of hydrogen-bond donors (Lipinski definition) is 1. The molecule has 2 rings (SSSR count). The van der Waals surface area contributed by atoms with Gasteiger partial charge < -0.3 is 10.2 Å². The molecule has 0 aromatic carbocycles. The summed E-state index contributed by atoms with van der Waals surface area (Å²) in [6.07, 6.45) is 6.79. The van der Waals surface area contributed by atoms with Crippen LogP contribution in [0, 0.1) is 0 Å². The Hall–Kier alpha value is -0.710. The Balaban J connectivity index is 2.24. The fourth-order valence-corrected chi connectivity index (χ4v) is 4.40. The van der Waals surface area contributed by atoms with Gasteiger partial charge in [0.2, 0.25) is 11.8 Å². The lowest BCUT2D eigenvalue weighted by atomic mass is 9.88. The Kier molecular flexibility index (Phi) is 4.43. The monoisotopic (exact) mass is 284 g/mol. The first-order valence-electron chi connectivity index (χ1n) is 7.22. The van der Waals surface area contributed by atoms with Crippen LogP contribution in [0.1, 0.15) is 46.0 Å². The van der Waals surface area contributed by atoms with Crippen molar-refractivity contribution in [2.45, 2.75) is 62.8 Å². The molecule has 1 saturated heterocycles. The van der Waals surface area contributed by atoms with Crippen molar-refractivity contribution in [1.82, 2.24) is 10.2 Å². The molecule has 0 aromatic heterocycles. The Morgan fingerprint density at radius 3 is 2.58 bits per heavy atom. The summed E-state index contributed by atoms with van der Waals surface area (Å²) in [7, 11) is 0. The number of hydrogen-bond acceptors (Lipinski definition) is 3. The number of nitrogens with zero attached hydrogens (tertiary/aromatic N) is 1. The zero-order valence-electron chi connectivity index (χ0n) is 12.1. The molecule has 1 aliphatic carbocycles. The minimum absolute atomic E-state index is 0.00458. The molecule has 0 spiro atoms. The molecule has 1 saturated carbocycles. The van der Waals surface area contributed by atoms with Crippen molar-refractivity contribution in [2.24, 2.45) is 0 Å². The van der Waals surface area contributed by atoms with Crippen LogP contribution in [0.2, 0.25) is 0 Å². The summed E-state index contributed by atoms with van der Waals surface area (Å²) in [4.78, 5) is 26.7. The van der Waals surface area contributed by atoms with E-state index in [0.29, 0.717) is 18.1 Å². The van der Waals surface area contributed by atoms with Crippen LogP contribution < -0.4 is 5.32 Å². The summed E-state index contributed by atoms with van der Waals surface area (Å²) < 4.78 is 0. The van der Waals surface area contributed by atoms with Crippen molar-refractivity contribution in [3.05, 3.63) is 0 Å². The molecular formula is C14H24N2O2S. The minimum Gasteiger partial charge on any atom is -0.340 e. The normalized spacial score (nSPS) is 30.6. The van der Waals surface area contributed by atoms with Crippen LogP contribution in [0.3, 0.4) is 0 Å². The Morgan fingerprint density at radius 2 is 2.00 bits per heavy atom. The van der Waals surface area contributed by atoms with Crippen LogP contribution in [-0.4, -0.2) is 46.3 Å². The molecule has 1 aliphatic heterocycles. The summed E-state index contributed by atoms with van der Waals surface area (Å²) in [6.45, 7) is 4.19. The Labute approximate surface area is 119 Å². The number of carbonyl (C=O) groups is 2. The third kappa shape index (κ3) is 2.49. The molecular weight excluding hydrogens is 260 g/mol. The minimum atomic E-state index is -0.666. The van der Waals surface area contributed by atoms with E-state index in [1.165, 1.54) is 0 Å². The van der Waals surface area contributed by atoms with Gasteiger partial charge in [-0.3, -0.25) is 9.59 Å². The topological polar surface area (TPSA) is 49.4 Å². The first-order chi connectivity index (χ1) is 9.07. The molecule has 2 aliphatic rings. The van der Waals surface area contributed by atoms with Crippen molar-refractivity contribution in [2.75, 3.05) is 12.8 Å². The highest BCUT2D eigenvalue weighted by atomic mass is 32.2. The zero-order valence-corrected chi connectivity index (χ0v) is 12.9. The predicted molar refractivity (Wildman–Crippen MR) is 78.1 cm³/mol. The standard InChI is InChI=1S/C14H24N2O2S/c1-4-14(5-2)13(18)16(9-12(17)15-14)10-7-6-8-11(10)19-3/h10-11H,4-9H2,1-3H3,(H,15,17). The van der Waals surface area contributed by atoms with Gasteiger partial charge >= 0.3 is 0 Å². The van der Waals surface area contributed by atoms with E-state index in [1.807, 2.05) is 30.5 Å². The average Bonchev–Trinajstić information content (AvgIpc) is 2.89. The molecule has 1 N–H and O–H groups in total. The molecule has 108 valence electrons. The number of nitrogens with one attached hydrogen (secondary N) is 1. The van der Waals surface area contributed by atoms with Gasteiger partial charge in [-0.1, -0.05) is 20.3 Å².